The van der Waals surface area contributed by atoms with Crippen LogP contribution in [0.1, 0.15) is 32.1 Å². The lowest BCUT2D eigenvalue weighted by atomic mass is 10.0. The van der Waals surface area contributed by atoms with Crippen LogP contribution in [0.5, 0.6) is 0 Å². The molecule has 1 rings (SSSR count). The highest BCUT2D eigenvalue weighted by atomic mass is 16.5. The minimum Gasteiger partial charge on any atom is -0.466 e. The summed E-state index contributed by atoms with van der Waals surface area (Å²) < 4.78 is 9.23. The summed E-state index contributed by atoms with van der Waals surface area (Å²) in [7, 11) is 2.69. The van der Waals surface area contributed by atoms with Crippen molar-refractivity contribution in [1.82, 2.24) is 0 Å². The van der Waals surface area contributed by atoms with Crippen LogP contribution >= 0.6 is 0 Å². The van der Waals surface area contributed by atoms with E-state index in [1.54, 1.807) is 0 Å². The quantitative estimate of drug-likeness (QED) is 0.420. The lowest BCUT2D eigenvalue weighted by Gasteiger charge is -2.07. The lowest BCUT2D eigenvalue weighted by Crippen LogP contribution is -2.02. The molecule has 0 N–H and O–H groups in total. The summed E-state index contributed by atoms with van der Waals surface area (Å²) in [5.74, 6) is -0.754. The van der Waals surface area contributed by atoms with E-state index >= 15 is 0 Å². The summed E-state index contributed by atoms with van der Waals surface area (Å²) in [5.41, 5.74) is 1.78. The number of methoxy groups -OCH3 is 2. The molecule has 1 saturated carbocycles. The first kappa shape index (κ1) is 13.5. The van der Waals surface area contributed by atoms with Crippen molar-refractivity contribution in [3.05, 3.63) is 23.3 Å². The zero-order valence-corrected chi connectivity index (χ0v) is 10.3. The first-order valence-corrected chi connectivity index (χ1v) is 5.74. The second-order valence-corrected chi connectivity index (χ2v) is 3.95. The predicted molar refractivity (Wildman–Crippen MR) is 63.3 cm³/mol. The monoisotopic (exact) mass is 238 g/mol. The van der Waals surface area contributed by atoms with Gasteiger partial charge in [0.1, 0.15) is 0 Å². The zero-order chi connectivity index (χ0) is 12.7. The maximum atomic E-state index is 11.3. The standard InChI is InChI=1S/C13H18O4/c1-16-12(14)8-10-6-4-3-5-7-11(10)9-13(15)17-2/h8-9H,3-7H2,1-2H3/b10-8-,11-9-. The molecule has 0 radical (unpaired) electrons. The lowest BCUT2D eigenvalue weighted by molar-refractivity contribution is -0.135. The van der Waals surface area contributed by atoms with Crippen molar-refractivity contribution in [2.75, 3.05) is 14.2 Å². The van der Waals surface area contributed by atoms with Gasteiger partial charge in [0.15, 0.2) is 0 Å². The van der Waals surface area contributed by atoms with E-state index in [4.69, 9.17) is 0 Å². The third kappa shape index (κ3) is 4.43. The summed E-state index contributed by atoms with van der Waals surface area (Å²) >= 11 is 0. The second kappa shape index (κ2) is 6.89. The summed E-state index contributed by atoms with van der Waals surface area (Å²) in [5, 5.41) is 0. The maximum absolute atomic E-state index is 11.3. The molecule has 0 aliphatic heterocycles. The van der Waals surface area contributed by atoms with Gasteiger partial charge >= 0.3 is 11.9 Å². The SMILES string of the molecule is COC(=O)/C=C1/CCCCC/C1=C/C(=O)OC. The van der Waals surface area contributed by atoms with Crippen molar-refractivity contribution < 1.29 is 19.1 Å². The number of ether oxygens (including phenoxy) is 2. The molecule has 0 amide bonds. The van der Waals surface area contributed by atoms with Gasteiger partial charge in [-0.1, -0.05) is 6.42 Å². The Morgan fingerprint density at radius 3 is 1.65 bits per heavy atom. The van der Waals surface area contributed by atoms with Crippen molar-refractivity contribution in [2.45, 2.75) is 32.1 Å². The Hall–Kier alpha value is -1.58. The van der Waals surface area contributed by atoms with Crippen molar-refractivity contribution in [2.24, 2.45) is 0 Å². The third-order valence-electron chi connectivity index (χ3n) is 2.79. The van der Waals surface area contributed by atoms with Gasteiger partial charge in [-0.05, 0) is 36.8 Å². The van der Waals surface area contributed by atoms with E-state index in [1.165, 1.54) is 26.4 Å². The van der Waals surface area contributed by atoms with E-state index in [1.807, 2.05) is 0 Å². The van der Waals surface area contributed by atoms with Crippen LogP contribution in [0.25, 0.3) is 0 Å². The van der Waals surface area contributed by atoms with E-state index in [9.17, 15) is 9.59 Å². The van der Waals surface area contributed by atoms with Crippen molar-refractivity contribution in [3.8, 4) is 0 Å². The second-order valence-electron chi connectivity index (χ2n) is 3.95. The highest BCUT2D eigenvalue weighted by Gasteiger charge is 2.13. The Morgan fingerprint density at radius 2 is 1.29 bits per heavy atom. The summed E-state index contributed by atoms with van der Waals surface area (Å²) in [6, 6.07) is 0. The first-order chi connectivity index (χ1) is 8.17. The smallest absolute Gasteiger partial charge is 0.330 e. The van der Waals surface area contributed by atoms with E-state index in [0.717, 1.165) is 43.3 Å². The zero-order valence-electron chi connectivity index (χ0n) is 10.3. The Kier molecular flexibility index (Phi) is 5.46. The average Bonchev–Trinajstić information content (AvgIpc) is 2.55. The molecular formula is C13H18O4. The van der Waals surface area contributed by atoms with Crippen LogP contribution in [0.4, 0.5) is 0 Å². The van der Waals surface area contributed by atoms with Crippen LogP contribution in [0.2, 0.25) is 0 Å². The number of hydrogen-bond donors (Lipinski definition) is 0. The molecule has 0 heterocycles. The van der Waals surface area contributed by atoms with Gasteiger partial charge in [0, 0.05) is 12.2 Å². The van der Waals surface area contributed by atoms with Gasteiger partial charge in [-0.15, -0.1) is 0 Å². The predicted octanol–water partition coefficient (Wildman–Crippen LogP) is 2.15. The van der Waals surface area contributed by atoms with Crippen molar-refractivity contribution in [3.63, 3.8) is 0 Å². The molecule has 17 heavy (non-hydrogen) atoms. The molecule has 0 spiro atoms. The van der Waals surface area contributed by atoms with Gasteiger partial charge in [-0.3, -0.25) is 0 Å². The van der Waals surface area contributed by atoms with Gasteiger partial charge in [-0.2, -0.15) is 0 Å². The largest absolute Gasteiger partial charge is 0.466 e. The van der Waals surface area contributed by atoms with E-state index < -0.39 is 0 Å². The molecule has 4 heteroatoms. The molecule has 0 saturated heterocycles. The topological polar surface area (TPSA) is 52.6 Å². The Balaban J connectivity index is 2.94. The summed E-state index contributed by atoms with van der Waals surface area (Å²) in [6.07, 6.45) is 7.72. The van der Waals surface area contributed by atoms with Crippen LogP contribution in [-0.4, -0.2) is 26.2 Å². The van der Waals surface area contributed by atoms with Crippen LogP contribution < -0.4 is 0 Å². The number of esters is 2. The summed E-state index contributed by atoms with van der Waals surface area (Å²) in [6.45, 7) is 0. The molecule has 0 bridgehead atoms. The Labute approximate surface area is 101 Å². The molecule has 0 unspecified atom stereocenters. The normalized spacial score (nSPS) is 21.1. The number of hydrogen-bond acceptors (Lipinski definition) is 4. The molecule has 4 nitrogen and oxygen atoms in total. The number of carbonyl (C=O) groups excluding carboxylic acids is 2. The van der Waals surface area contributed by atoms with Crippen LogP contribution in [-0.2, 0) is 19.1 Å². The fourth-order valence-corrected chi connectivity index (χ4v) is 1.86. The van der Waals surface area contributed by atoms with Crippen LogP contribution in [0.15, 0.2) is 23.3 Å². The highest BCUT2D eigenvalue weighted by Crippen LogP contribution is 2.27. The Bertz CT molecular complexity index is 318. The minimum absolute atomic E-state index is 0.377. The van der Waals surface area contributed by atoms with Gasteiger partial charge in [0.05, 0.1) is 14.2 Å². The van der Waals surface area contributed by atoms with Gasteiger partial charge in [-0.25, -0.2) is 9.59 Å². The molecule has 1 aliphatic carbocycles. The molecule has 0 aromatic rings. The van der Waals surface area contributed by atoms with Crippen LogP contribution in [0.3, 0.4) is 0 Å². The number of allylic oxidation sites excluding steroid dienone is 2. The number of carbonyl (C=O) groups is 2. The van der Waals surface area contributed by atoms with Gasteiger partial charge in [0.2, 0.25) is 0 Å². The fraction of sp³-hybridized carbons (Fsp3) is 0.538. The van der Waals surface area contributed by atoms with Gasteiger partial charge in [0.25, 0.3) is 0 Å². The Morgan fingerprint density at radius 1 is 0.882 bits per heavy atom. The molecule has 94 valence electrons. The van der Waals surface area contributed by atoms with E-state index in [-0.39, 0.29) is 11.9 Å². The van der Waals surface area contributed by atoms with Crippen LogP contribution in [0, 0.1) is 0 Å². The van der Waals surface area contributed by atoms with Crippen molar-refractivity contribution in [1.29, 1.82) is 0 Å². The third-order valence-corrected chi connectivity index (χ3v) is 2.79. The first-order valence-electron chi connectivity index (χ1n) is 5.74. The average molecular weight is 238 g/mol. The minimum atomic E-state index is -0.377. The molecular weight excluding hydrogens is 220 g/mol. The van der Waals surface area contributed by atoms with Gasteiger partial charge < -0.3 is 9.47 Å². The van der Waals surface area contributed by atoms with E-state index in [0.29, 0.717) is 0 Å². The molecule has 0 aromatic carbocycles. The summed E-state index contributed by atoms with van der Waals surface area (Å²) in [4.78, 5) is 22.5. The number of rotatable bonds is 2. The molecule has 1 aliphatic rings. The molecule has 0 atom stereocenters. The molecule has 1 fully saturated rings. The highest BCUT2D eigenvalue weighted by molar-refractivity contribution is 5.86. The maximum Gasteiger partial charge on any atom is 0.330 e. The van der Waals surface area contributed by atoms with E-state index in [2.05, 4.69) is 9.47 Å². The molecule has 0 aromatic heterocycles. The van der Waals surface area contributed by atoms with Crippen molar-refractivity contribution >= 4 is 11.9 Å². The fourth-order valence-electron chi connectivity index (χ4n) is 1.86.